The Balaban J connectivity index is 4.59. The van der Waals surface area contributed by atoms with E-state index in [-0.39, 0.29) is 24.3 Å². The van der Waals surface area contributed by atoms with Gasteiger partial charge in [0, 0.05) is 19.0 Å². The number of amides is 1. The van der Waals surface area contributed by atoms with Gasteiger partial charge >= 0.3 is 5.97 Å². The molecule has 0 saturated heterocycles. The summed E-state index contributed by atoms with van der Waals surface area (Å²) in [5.74, 6) is -0.858. The number of hydrogen-bond donors (Lipinski definition) is 1. The molecule has 0 saturated carbocycles. The molecule has 17 heavy (non-hydrogen) atoms. The third-order valence-electron chi connectivity index (χ3n) is 3.41. The second-order valence-electron chi connectivity index (χ2n) is 6.03. The molecule has 1 N–H and O–H groups in total. The molecule has 4 heteroatoms. The lowest BCUT2D eigenvalue weighted by Crippen LogP contribution is -2.45. The van der Waals surface area contributed by atoms with Crippen LogP contribution in [0, 0.1) is 5.41 Å². The fourth-order valence-corrected chi connectivity index (χ4v) is 1.57. The summed E-state index contributed by atoms with van der Waals surface area (Å²) in [6.07, 6.45) is 1.15. The van der Waals surface area contributed by atoms with Crippen LogP contribution < -0.4 is 0 Å². The summed E-state index contributed by atoms with van der Waals surface area (Å²) < 4.78 is 0. The van der Waals surface area contributed by atoms with Crippen molar-refractivity contribution in [3.63, 3.8) is 0 Å². The van der Waals surface area contributed by atoms with Gasteiger partial charge in [-0.15, -0.1) is 0 Å². The number of carbonyl (C=O) groups is 2. The molecule has 0 fully saturated rings. The Kier molecular flexibility index (Phi) is 5.17. The van der Waals surface area contributed by atoms with Crippen molar-refractivity contribution in [3.05, 3.63) is 0 Å². The van der Waals surface area contributed by atoms with Gasteiger partial charge in [-0.05, 0) is 25.7 Å². The van der Waals surface area contributed by atoms with Crippen LogP contribution in [0.15, 0.2) is 0 Å². The number of carboxylic acid groups (broad SMARTS) is 1. The number of carbonyl (C=O) groups excluding carboxylic acids is 1. The van der Waals surface area contributed by atoms with Crippen LogP contribution in [0.5, 0.6) is 0 Å². The Labute approximate surface area is 104 Å². The second kappa shape index (κ2) is 5.52. The summed E-state index contributed by atoms with van der Waals surface area (Å²) in [5.41, 5.74) is -0.683. The van der Waals surface area contributed by atoms with Gasteiger partial charge in [0.1, 0.15) is 0 Å². The van der Waals surface area contributed by atoms with Crippen LogP contribution in [0.3, 0.4) is 0 Å². The standard InChI is InChI=1S/C13H25NO3/c1-7-13(4,5)14(6)10(15)8-12(2,3)9-11(16)17/h7-9H2,1-6H3,(H,16,17). The van der Waals surface area contributed by atoms with Crippen molar-refractivity contribution in [1.29, 1.82) is 0 Å². The summed E-state index contributed by atoms with van der Waals surface area (Å²) in [6, 6.07) is 0. The first-order chi connectivity index (χ1) is 7.52. The van der Waals surface area contributed by atoms with Gasteiger partial charge in [0.15, 0.2) is 0 Å². The molecule has 0 spiro atoms. The normalized spacial score (nSPS) is 12.4. The maximum atomic E-state index is 12.1. The van der Waals surface area contributed by atoms with Crippen LogP contribution in [-0.2, 0) is 9.59 Å². The Bertz CT molecular complexity index is 295. The minimum absolute atomic E-state index is 0.00287. The molecule has 0 aliphatic carbocycles. The lowest BCUT2D eigenvalue weighted by atomic mass is 9.84. The zero-order chi connectivity index (χ0) is 13.9. The average molecular weight is 243 g/mol. The molecule has 0 radical (unpaired) electrons. The van der Waals surface area contributed by atoms with Crippen LogP contribution in [0.4, 0.5) is 0 Å². The molecule has 0 aromatic heterocycles. The largest absolute Gasteiger partial charge is 0.481 e. The zero-order valence-electron chi connectivity index (χ0n) is 11.8. The Morgan fingerprint density at radius 3 is 1.94 bits per heavy atom. The van der Waals surface area contributed by atoms with Crippen LogP contribution in [0.1, 0.15) is 53.9 Å². The highest BCUT2D eigenvalue weighted by atomic mass is 16.4. The topological polar surface area (TPSA) is 57.6 Å². The minimum Gasteiger partial charge on any atom is -0.481 e. The maximum absolute atomic E-state index is 12.1. The smallest absolute Gasteiger partial charge is 0.303 e. The molecule has 1 amide bonds. The van der Waals surface area contributed by atoms with Gasteiger partial charge in [-0.3, -0.25) is 9.59 Å². The summed E-state index contributed by atoms with van der Waals surface area (Å²) in [6.45, 7) is 9.67. The van der Waals surface area contributed by atoms with Gasteiger partial charge in [0.2, 0.25) is 5.91 Å². The summed E-state index contributed by atoms with van der Waals surface area (Å²) in [5, 5.41) is 8.78. The molecule has 0 aliphatic heterocycles. The zero-order valence-corrected chi connectivity index (χ0v) is 11.8. The average Bonchev–Trinajstić information content (AvgIpc) is 2.13. The molecule has 0 unspecified atom stereocenters. The van der Waals surface area contributed by atoms with Crippen molar-refractivity contribution < 1.29 is 14.7 Å². The molecule has 0 bridgehead atoms. The predicted molar refractivity (Wildman–Crippen MR) is 67.8 cm³/mol. The highest BCUT2D eigenvalue weighted by Crippen LogP contribution is 2.28. The van der Waals surface area contributed by atoms with Gasteiger partial charge in [0.25, 0.3) is 0 Å². The predicted octanol–water partition coefficient (Wildman–Crippen LogP) is 2.52. The first-order valence-corrected chi connectivity index (χ1v) is 6.00. The molecular weight excluding hydrogens is 218 g/mol. The number of aliphatic carboxylic acids is 1. The number of hydrogen-bond acceptors (Lipinski definition) is 2. The molecule has 0 aromatic carbocycles. The van der Waals surface area contributed by atoms with Gasteiger partial charge in [-0.2, -0.15) is 0 Å². The monoisotopic (exact) mass is 243 g/mol. The van der Waals surface area contributed by atoms with E-state index in [0.29, 0.717) is 0 Å². The Morgan fingerprint density at radius 2 is 1.59 bits per heavy atom. The number of carboxylic acids is 1. The van der Waals surface area contributed by atoms with Gasteiger partial charge < -0.3 is 10.0 Å². The molecular formula is C13H25NO3. The van der Waals surface area contributed by atoms with Gasteiger partial charge in [-0.1, -0.05) is 20.8 Å². The lowest BCUT2D eigenvalue weighted by Gasteiger charge is -2.36. The van der Waals surface area contributed by atoms with Crippen LogP contribution in [0.25, 0.3) is 0 Å². The van der Waals surface area contributed by atoms with Crippen molar-refractivity contribution in [2.45, 2.75) is 59.4 Å². The molecule has 100 valence electrons. The summed E-state index contributed by atoms with van der Waals surface area (Å²) in [7, 11) is 1.78. The van der Waals surface area contributed by atoms with Crippen molar-refractivity contribution >= 4 is 11.9 Å². The summed E-state index contributed by atoms with van der Waals surface area (Å²) >= 11 is 0. The van der Waals surface area contributed by atoms with Crippen LogP contribution in [0.2, 0.25) is 0 Å². The first-order valence-electron chi connectivity index (χ1n) is 6.00. The van der Waals surface area contributed by atoms with E-state index in [9.17, 15) is 9.59 Å². The highest BCUT2D eigenvalue weighted by molar-refractivity contribution is 5.78. The van der Waals surface area contributed by atoms with Crippen molar-refractivity contribution in [1.82, 2.24) is 4.90 Å². The fraction of sp³-hybridized carbons (Fsp3) is 0.846. The van der Waals surface area contributed by atoms with Crippen LogP contribution >= 0.6 is 0 Å². The first kappa shape index (κ1) is 15.9. The third-order valence-corrected chi connectivity index (χ3v) is 3.41. The number of nitrogens with zero attached hydrogens (tertiary/aromatic N) is 1. The third kappa shape index (κ3) is 5.20. The van der Waals surface area contributed by atoms with E-state index in [0.717, 1.165) is 6.42 Å². The number of rotatable bonds is 6. The van der Waals surface area contributed by atoms with Crippen molar-refractivity contribution in [2.24, 2.45) is 5.41 Å². The van der Waals surface area contributed by atoms with E-state index >= 15 is 0 Å². The van der Waals surface area contributed by atoms with Crippen molar-refractivity contribution in [3.8, 4) is 0 Å². The van der Waals surface area contributed by atoms with E-state index < -0.39 is 11.4 Å². The summed E-state index contributed by atoms with van der Waals surface area (Å²) in [4.78, 5) is 24.5. The lowest BCUT2D eigenvalue weighted by molar-refractivity contribution is -0.141. The van der Waals surface area contributed by atoms with E-state index in [4.69, 9.17) is 5.11 Å². The van der Waals surface area contributed by atoms with E-state index in [2.05, 4.69) is 0 Å². The Morgan fingerprint density at radius 1 is 1.12 bits per heavy atom. The van der Waals surface area contributed by atoms with E-state index in [1.807, 2.05) is 34.6 Å². The maximum Gasteiger partial charge on any atom is 0.303 e. The van der Waals surface area contributed by atoms with E-state index in [1.165, 1.54) is 0 Å². The molecule has 0 heterocycles. The second-order valence-corrected chi connectivity index (χ2v) is 6.03. The van der Waals surface area contributed by atoms with E-state index in [1.54, 1.807) is 11.9 Å². The van der Waals surface area contributed by atoms with Gasteiger partial charge in [0.05, 0.1) is 6.42 Å². The highest BCUT2D eigenvalue weighted by Gasteiger charge is 2.31. The molecule has 0 aliphatic rings. The molecule has 0 atom stereocenters. The van der Waals surface area contributed by atoms with Gasteiger partial charge in [-0.25, -0.2) is 0 Å². The molecule has 4 nitrogen and oxygen atoms in total. The molecule has 0 rings (SSSR count). The van der Waals surface area contributed by atoms with Crippen molar-refractivity contribution in [2.75, 3.05) is 7.05 Å². The fourth-order valence-electron chi connectivity index (χ4n) is 1.57. The quantitative estimate of drug-likeness (QED) is 0.780. The SMILES string of the molecule is CCC(C)(C)N(C)C(=O)CC(C)(C)CC(=O)O. The Hall–Kier alpha value is -1.06. The van der Waals surface area contributed by atoms with Crippen LogP contribution in [-0.4, -0.2) is 34.5 Å². The minimum atomic E-state index is -0.861. The molecule has 0 aromatic rings.